The number of rotatable bonds is 4. The number of aromatic nitrogens is 1. The average Bonchev–Trinajstić information content (AvgIpc) is 2.89. The van der Waals surface area contributed by atoms with Gasteiger partial charge in [-0.1, -0.05) is 19.8 Å². The van der Waals surface area contributed by atoms with Crippen LogP contribution in [0.25, 0.3) is 0 Å². The number of carboxylic acid groups (broad SMARTS) is 1. The molecule has 0 aliphatic heterocycles. The number of nitrogens with one attached hydrogen (secondary N) is 1. The molecule has 1 aliphatic carbocycles. The predicted octanol–water partition coefficient (Wildman–Crippen LogP) is 2.69. The van der Waals surface area contributed by atoms with E-state index in [0.29, 0.717) is 5.69 Å². The zero-order valence-electron chi connectivity index (χ0n) is 11.0. The van der Waals surface area contributed by atoms with Crippen LogP contribution >= 0.6 is 0 Å². The molecule has 0 unspecified atom stereocenters. The first-order valence-electron chi connectivity index (χ1n) is 6.58. The molecular weight excluding hydrogens is 244 g/mol. The zero-order chi connectivity index (χ0) is 13.9. The molecule has 1 saturated carbocycles. The van der Waals surface area contributed by atoms with Crippen molar-refractivity contribution in [1.82, 2.24) is 4.98 Å². The molecule has 2 rings (SSSR count). The van der Waals surface area contributed by atoms with E-state index in [-0.39, 0.29) is 17.0 Å². The maximum Gasteiger partial charge on any atom is 0.354 e. The van der Waals surface area contributed by atoms with E-state index >= 15 is 0 Å². The Balaban J connectivity index is 2.14. The van der Waals surface area contributed by atoms with Crippen LogP contribution in [0, 0.1) is 5.41 Å². The number of nitrogens with zero attached hydrogens (tertiary/aromatic N) is 1. The number of aromatic carboxylic acids is 1. The first kappa shape index (κ1) is 13.5. The van der Waals surface area contributed by atoms with E-state index in [1.54, 1.807) is 6.07 Å². The quantitative estimate of drug-likeness (QED) is 0.874. The van der Waals surface area contributed by atoms with E-state index in [9.17, 15) is 9.59 Å². The molecule has 1 aromatic rings. The van der Waals surface area contributed by atoms with Gasteiger partial charge in [0.1, 0.15) is 5.69 Å². The highest BCUT2D eigenvalue weighted by molar-refractivity contribution is 5.96. The number of pyridine rings is 1. The largest absolute Gasteiger partial charge is 0.477 e. The van der Waals surface area contributed by atoms with Crippen molar-refractivity contribution in [2.24, 2.45) is 5.41 Å². The minimum atomic E-state index is -1.10. The van der Waals surface area contributed by atoms with Gasteiger partial charge in [0.15, 0.2) is 0 Å². The molecule has 1 aromatic heterocycles. The number of hydrogen-bond acceptors (Lipinski definition) is 3. The fourth-order valence-electron chi connectivity index (χ4n) is 2.68. The Bertz CT molecular complexity index is 493. The van der Waals surface area contributed by atoms with Crippen LogP contribution in [0.2, 0.25) is 0 Å². The first-order valence-corrected chi connectivity index (χ1v) is 6.58. The van der Waals surface area contributed by atoms with Gasteiger partial charge < -0.3 is 10.4 Å². The smallest absolute Gasteiger partial charge is 0.354 e. The first-order chi connectivity index (χ1) is 9.07. The van der Waals surface area contributed by atoms with E-state index < -0.39 is 5.97 Å². The average molecular weight is 262 g/mol. The summed E-state index contributed by atoms with van der Waals surface area (Å²) in [6.45, 7) is 2.03. The second-order valence-corrected chi connectivity index (χ2v) is 5.03. The van der Waals surface area contributed by atoms with Gasteiger partial charge in [0.05, 0.1) is 0 Å². The standard InChI is InChI=1S/C14H18N2O3/c1-2-14(6-3-4-7-14)13(19)16-10-5-8-15-11(9-10)12(17)18/h5,8-9H,2-4,6-7H2,1H3,(H,17,18)(H,15,16,19). The van der Waals surface area contributed by atoms with Crippen LogP contribution in [0.1, 0.15) is 49.5 Å². The summed E-state index contributed by atoms with van der Waals surface area (Å²) in [7, 11) is 0. The molecule has 0 bridgehead atoms. The Kier molecular flexibility index (Phi) is 3.83. The number of carboxylic acids is 1. The molecule has 1 fully saturated rings. The van der Waals surface area contributed by atoms with Crippen LogP contribution in [0.4, 0.5) is 5.69 Å². The summed E-state index contributed by atoms with van der Waals surface area (Å²) in [5, 5.41) is 11.7. The lowest BCUT2D eigenvalue weighted by Crippen LogP contribution is -2.33. The third-order valence-corrected chi connectivity index (χ3v) is 3.96. The topological polar surface area (TPSA) is 79.3 Å². The highest BCUT2D eigenvalue weighted by Gasteiger charge is 2.39. The Morgan fingerprint density at radius 1 is 1.42 bits per heavy atom. The van der Waals surface area contributed by atoms with Crippen molar-refractivity contribution in [3.05, 3.63) is 24.0 Å². The summed E-state index contributed by atoms with van der Waals surface area (Å²) in [6, 6.07) is 3.00. The molecule has 102 valence electrons. The third kappa shape index (κ3) is 2.75. The summed E-state index contributed by atoms with van der Waals surface area (Å²) in [5.74, 6) is -1.10. The number of hydrogen-bond donors (Lipinski definition) is 2. The second kappa shape index (κ2) is 5.38. The van der Waals surface area contributed by atoms with Crippen LogP contribution in [-0.4, -0.2) is 22.0 Å². The van der Waals surface area contributed by atoms with Gasteiger partial charge in [0.2, 0.25) is 5.91 Å². The molecule has 0 atom stereocenters. The highest BCUT2D eigenvalue weighted by atomic mass is 16.4. The maximum absolute atomic E-state index is 12.4. The van der Waals surface area contributed by atoms with Crippen molar-refractivity contribution in [1.29, 1.82) is 0 Å². The number of anilines is 1. The van der Waals surface area contributed by atoms with Gasteiger partial charge in [0.25, 0.3) is 0 Å². The Morgan fingerprint density at radius 3 is 2.68 bits per heavy atom. The van der Waals surface area contributed by atoms with Gasteiger partial charge >= 0.3 is 5.97 Å². The Hall–Kier alpha value is -1.91. The molecule has 0 aromatic carbocycles. The lowest BCUT2D eigenvalue weighted by atomic mass is 9.82. The van der Waals surface area contributed by atoms with Crippen molar-refractivity contribution < 1.29 is 14.7 Å². The molecule has 0 radical (unpaired) electrons. The molecule has 0 saturated heterocycles. The van der Waals surface area contributed by atoms with E-state index in [4.69, 9.17) is 5.11 Å². The van der Waals surface area contributed by atoms with Crippen molar-refractivity contribution >= 4 is 17.6 Å². The predicted molar refractivity (Wildman–Crippen MR) is 71.0 cm³/mol. The maximum atomic E-state index is 12.4. The van der Waals surface area contributed by atoms with E-state index in [1.807, 2.05) is 6.92 Å². The van der Waals surface area contributed by atoms with Crippen LogP contribution in [0.15, 0.2) is 18.3 Å². The molecular formula is C14H18N2O3. The van der Waals surface area contributed by atoms with E-state index in [1.165, 1.54) is 12.3 Å². The zero-order valence-corrected chi connectivity index (χ0v) is 11.0. The van der Waals surface area contributed by atoms with E-state index in [0.717, 1.165) is 32.1 Å². The normalized spacial score (nSPS) is 17.1. The molecule has 0 spiro atoms. The minimum absolute atomic E-state index is 0.00459. The molecule has 1 heterocycles. The third-order valence-electron chi connectivity index (χ3n) is 3.96. The summed E-state index contributed by atoms with van der Waals surface area (Å²) in [5.41, 5.74) is 0.152. The van der Waals surface area contributed by atoms with Crippen molar-refractivity contribution in [3.63, 3.8) is 0 Å². The van der Waals surface area contributed by atoms with Gasteiger partial charge in [-0.2, -0.15) is 0 Å². The fraction of sp³-hybridized carbons (Fsp3) is 0.500. The summed E-state index contributed by atoms with van der Waals surface area (Å²) >= 11 is 0. The molecule has 19 heavy (non-hydrogen) atoms. The highest BCUT2D eigenvalue weighted by Crippen LogP contribution is 2.41. The second-order valence-electron chi connectivity index (χ2n) is 5.03. The van der Waals surface area contributed by atoms with Crippen molar-refractivity contribution in [2.75, 3.05) is 5.32 Å². The van der Waals surface area contributed by atoms with Crippen LogP contribution in [0.5, 0.6) is 0 Å². The SMILES string of the molecule is CCC1(C(=O)Nc2ccnc(C(=O)O)c2)CCCC1. The van der Waals surface area contributed by atoms with E-state index in [2.05, 4.69) is 10.3 Å². The molecule has 5 nitrogen and oxygen atoms in total. The lowest BCUT2D eigenvalue weighted by Gasteiger charge is -2.26. The Labute approximate surface area is 112 Å². The van der Waals surface area contributed by atoms with Crippen LogP contribution in [-0.2, 0) is 4.79 Å². The molecule has 1 amide bonds. The van der Waals surface area contributed by atoms with Gasteiger partial charge in [-0.15, -0.1) is 0 Å². The number of carbonyl (C=O) groups excluding carboxylic acids is 1. The Morgan fingerprint density at radius 2 is 2.11 bits per heavy atom. The van der Waals surface area contributed by atoms with Gasteiger partial charge in [-0.25, -0.2) is 9.78 Å². The fourth-order valence-corrected chi connectivity index (χ4v) is 2.68. The summed E-state index contributed by atoms with van der Waals surface area (Å²) in [6.07, 6.45) is 6.19. The van der Waals surface area contributed by atoms with Gasteiger partial charge in [-0.05, 0) is 31.4 Å². The monoisotopic (exact) mass is 262 g/mol. The van der Waals surface area contributed by atoms with Crippen molar-refractivity contribution in [2.45, 2.75) is 39.0 Å². The van der Waals surface area contributed by atoms with Crippen LogP contribution < -0.4 is 5.32 Å². The number of carbonyl (C=O) groups is 2. The van der Waals surface area contributed by atoms with Crippen molar-refractivity contribution in [3.8, 4) is 0 Å². The number of amides is 1. The summed E-state index contributed by atoms with van der Waals surface area (Å²) < 4.78 is 0. The lowest BCUT2D eigenvalue weighted by molar-refractivity contribution is -0.125. The van der Waals surface area contributed by atoms with Gasteiger partial charge in [-0.3, -0.25) is 4.79 Å². The minimum Gasteiger partial charge on any atom is -0.477 e. The summed E-state index contributed by atoms with van der Waals surface area (Å²) in [4.78, 5) is 26.9. The van der Waals surface area contributed by atoms with Gasteiger partial charge in [0, 0.05) is 17.3 Å². The van der Waals surface area contributed by atoms with Crippen LogP contribution in [0.3, 0.4) is 0 Å². The molecule has 1 aliphatic rings. The molecule has 5 heteroatoms. The molecule has 2 N–H and O–H groups in total.